The quantitative estimate of drug-likeness (QED) is 0.891. The van der Waals surface area contributed by atoms with Crippen LogP contribution in [0.4, 0.5) is 10.1 Å². The Hall–Kier alpha value is -1.58. The molecule has 4 heteroatoms. The largest absolute Gasteiger partial charge is 0.478 e. The van der Waals surface area contributed by atoms with Gasteiger partial charge in [0.15, 0.2) is 0 Å². The molecular formula is C15H20FNO2. The van der Waals surface area contributed by atoms with Crippen LogP contribution in [0.15, 0.2) is 18.2 Å². The molecule has 1 saturated heterocycles. The van der Waals surface area contributed by atoms with Gasteiger partial charge in [0.25, 0.3) is 0 Å². The molecule has 1 aliphatic heterocycles. The lowest BCUT2D eigenvalue weighted by Gasteiger charge is -2.42. The number of carboxylic acids is 1. The summed E-state index contributed by atoms with van der Waals surface area (Å²) in [6.45, 7) is 7.26. The molecule has 1 aromatic carbocycles. The Labute approximate surface area is 113 Å². The van der Waals surface area contributed by atoms with E-state index in [1.807, 2.05) is 0 Å². The SMILES string of the molecule is CC1CC(C)C(C)N(c2ccc(C(=O)O)cc2F)C1. The Morgan fingerprint density at radius 2 is 2.05 bits per heavy atom. The van der Waals surface area contributed by atoms with Gasteiger partial charge in [0.05, 0.1) is 11.3 Å². The number of rotatable bonds is 2. The minimum atomic E-state index is -1.10. The third kappa shape index (κ3) is 2.72. The maximum Gasteiger partial charge on any atom is 0.335 e. The summed E-state index contributed by atoms with van der Waals surface area (Å²) in [6, 6.07) is 4.42. The molecule has 0 spiro atoms. The van der Waals surface area contributed by atoms with Crippen molar-refractivity contribution in [1.82, 2.24) is 0 Å². The van der Waals surface area contributed by atoms with Crippen LogP contribution in [-0.2, 0) is 0 Å². The van der Waals surface area contributed by atoms with Crippen molar-refractivity contribution in [2.45, 2.75) is 33.2 Å². The Balaban J connectivity index is 2.32. The van der Waals surface area contributed by atoms with E-state index in [0.717, 1.165) is 19.0 Å². The summed E-state index contributed by atoms with van der Waals surface area (Å²) in [5.41, 5.74) is 0.503. The number of hydrogen-bond donors (Lipinski definition) is 1. The average Bonchev–Trinajstić information content (AvgIpc) is 2.33. The molecule has 1 N–H and O–H groups in total. The van der Waals surface area contributed by atoms with Crippen molar-refractivity contribution in [3.05, 3.63) is 29.6 Å². The van der Waals surface area contributed by atoms with E-state index in [4.69, 9.17) is 5.11 Å². The molecule has 3 unspecified atom stereocenters. The summed E-state index contributed by atoms with van der Waals surface area (Å²) in [5.74, 6) is -0.529. The number of benzene rings is 1. The highest BCUT2D eigenvalue weighted by Crippen LogP contribution is 2.32. The Bertz CT molecular complexity index is 489. The maximum atomic E-state index is 14.1. The molecule has 3 atom stereocenters. The molecular weight excluding hydrogens is 245 g/mol. The first-order valence-electron chi connectivity index (χ1n) is 6.69. The number of anilines is 1. The van der Waals surface area contributed by atoms with Crippen LogP contribution in [0.1, 0.15) is 37.6 Å². The molecule has 2 rings (SSSR count). The molecule has 1 heterocycles. The average molecular weight is 265 g/mol. The summed E-state index contributed by atoms with van der Waals surface area (Å²) in [6.07, 6.45) is 1.15. The summed E-state index contributed by atoms with van der Waals surface area (Å²) < 4.78 is 14.1. The third-order valence-corrected chi connectivity index (χ3v) is 4.10. The minimum Gasteiger partial charge on any atom is -0.478 e. The molecule has 0 bridgehead atoms. The van der Waals surface area contributed by atoms with Crippen LogP contribution in [0, 0.1) is 17.7 Å². The van der Waals surface area contributed by atoms with Crippen LogP contribution in [0.25, 0.3) is 0 Å². The molecule has 0 radical (unpaired) electrons. The molecule has 0 amide bonds. The molecule has 1 aliphatic rings. The number of carboxylic acid groups (broad SMARTS) is 1. The predicted molar refractivity (Wildman–Crippen MR) is 73.1 cm³/mol. The number of aromatic carboxylic acids is 1. The molecule has 104 valence electrons. The number of carbonyl (C=O) groups is 1. The van der Waals surface area contributed by atoms with Gasteiger partial charge in [-0.05, 0) is 43.4 Å². The zero-order valence-corrected chi connectivity index (χ0v) is 11.6. The molecule has 1 fully saturated rings. The Morgan fingerprint density at radius 3 is 2.63 bits per heavy atom. The van der Waals surface area contributed by atoms with Gasteiger partial charge >= 0.3 is 5.97 Å². The van der Waals surface area contributed by atoms with Crippen molar-refractivity contribution in [1.29, 1.82) is 0 Å². The number of nitrogens with zero attached hydrogens (tertiary/aromatic N) is 1. The first-order valence-corrected chi connectivity index (χ1v) is 6.69. The first kappa shape index (κ1) is 13.8. The second kappa shape index (κ2) is 5.19. The van der Waals surface area contributed by atoms with Crippen molar-refractivity contribution in [3.8, 4) is 0 Å². The standard InChI is InChI=1S/C15H20FNO2/c1-9-6-10(2)11(3)17(8-9)14-5-4-12(15(18)19)7-13(14)16/h4-5,7,9-11H,6,8H2,1-3H3,(H,18,19). The van der Waals surface area contributed by atoms with Crippen LogP contribution < -0.4 is 4.90 Å². The summed E-state index contributed by atoms with van der Waals surface area (Å²) in [5, 5.41) is 8.87. The van der Waals surface area contributed by atoms with Gasteiger partial charge in [-0.2, -0.15) is 0 Å². The van der Waals surface area contributed by atoms with Crippen LogP contribution >= 0.6 is 0 Å². The van der Waals surface area contributed by atoms with E-state index in [1.165, 1.54) is 6.07 Å². The fourth-order valence-electron chi connectivity index (χ4n) is 2.91. The maximum absolute atomic E-state index is 14.1. The van der Waals surface area contributed by atoms with Gasteiger partial charge < -0.3 is 10.0 Å². The highest BCUT2D eigenvalue weighted by molar-refractivity contribution is 5.88. The van der Waals surface area contributed by atoms with Gasteiger partial charge in [-0.1, -0.05) is 13.8 Å². The third-order valence-electron chi connectivity index (χ3n) is 4.10. The lowest BCUT2D eigenvalue weighted by Crippen LogP contribution is -2.46. The number of piperidine rings is 1. The van der Waals surface area contributed by atoms with Crippen molar-refractivity contribution in [2.24, 2.45) is 11.8 Å². The monoisotopic (exact) mass is 265 g/mol. The molecule has 1 aromatic rings. The van der Waals surface area contributed by atoms with Crippen molar-refractivity contribution in [2.75, 3.05) is 11.4 Å². The van der Waals surface area contributed by atoms with Gasteiger partial charge in [-0.15, -0.1) is 0 Å². The second-order valence-electron chi connectivity index (χ2n) is 5.68. The number of halogens is 1. The zero-order chi connectivity index (χ0) is 14.2. The van der Waals surface area contributed by atoms with Crippen LogP contribution in [0.2, 0.25) is 0 Å². The van der Waals surface area contributed by atoms with E-state index in [0.29, 0.717) is 17.5 Å². The molecule has 0 aliphatic carbocycles. The highest BCUT2D eigenvalue weighted by Gasteiger charge is 2.30. The fraction of sp³-hybridized carbons (Fsp3) is 0.533. The zero-order valence-electron chi connectivity index (χ0n) is 11.6. The van der Waals surface area contributed by atoms with Crippen molar-refractivity contribution < 1.29 is 14.3 Å². The van der Waals surface area contributed by atoms with E-state index >= 15 is 0 Å². The first-order chi connectivity index (χ1) is 8.90. The van der Waals surface area contributed by atoms with Crippen molar-refractivity contribution >= 4 is 11.7 Å². The Morgan fingerprint density at radius 1 is 1.37 bits per heavy atom. The predicted octanol–water partition coefficient (Wildman–Crippen LogP) is 3.39. The summed E-state index contributed by atoms with van der Waals surface area (Å²) in [4.78, 5) is 12.9. The highest BCUT2D eigenvalue weighted by atomic mass is 19.1. The molecule has 0 aromatic heterocycles. The topological polar surface area (TPSA) is 40.5 Å². The second-order valence-corrected chi connectivity index (χ2v) is 5.68. The normalized spacial score (nSPS) is 27.4. The van der Waals surface area contributed by atoms with E-state index in [-0.39, 0.29) is 11.6 Å². The van der Waals surface area contributed by atoms with Crippen LogP contribution in [0.3, 0.4) is 0 Å². The van der Waals surface area contributed by atoms with Crippen LogP contribution in [0.5, 0.6) is 0 Å². The molecule has 19 heavy (non-hydrogen) atoms. The lowest BCUT2D eigenvalue weighted by atomic mass is 9.85. The van der Waals surface area contributed by atoms with Gasteiger partial charge in [-0.3, -0.25) is 0 Å². The van der Waals surface area contributed by atoms with Gasteiger partial charge in [0.1, 0.15) is 5.82 Å². The van der Waals surface area contributed by atoms with E-state index in [2.05, 4.69) is 25.7 Å². The molecule has 3 nitrogen and oxygen atoms in total. The minimum absolute atomic E-state index is 0.00740. The van der Waals surface area contributed by atoms with E-state index < -0.39 is 11.8 Å². The van der Waals surface area contributed by atoms with Gasteiger partial charge in [0.2, 0.25) is 0 Å². The van der Waals surface area contributed by atoms with Gasteiger partial charge in [-0.25, -0.2) is 9.18 Å². The fourth-order valence-corrected chi connectivity index (χ4v) is 2.91. The van der Waals surface area contributed by atoms with Crippen LogP contribution in [-0.4, -0.2) is 23.7 Å². The van der Waals surface area contributed by atoms with Crippen molar-refractivity contribution in [3.63, 3.8) is 0 Å². The summed E-state index contributed by atoms with van der Waals surface area (Å²) in [7, 11) is 0. The molecule has 0 saturated carbocycles. The van der Waals surface area contributed by atoms with Gasteiger partial charge in [0, 0.05) is 12.6 Å². The van der Waals surface area contributed by atoms with E-state index in [9.17, 15) is 9.18 Å². The smallest absolute Gasteiger partial charge is 0.335 e. The van der Waals surface area contributed by atoms with E-state index in [1.54, 1.807) is 6.07 Å². The lowest BCUT2D eigenvalue weighted by molar-refractivity contribution is 0.0696. The number of hydrogen-bond acceptors (Lipinski definition) is 2. The summed E-state index contributed by atoms with van der Waals surface area (Å²) >= 11 is 0. The Kier molecular flexibility index (Phi) is 3.78.